The number of halogens is 1. The number of para-hydroxylation sites is 1. The van der Waals surface area contributed by atoms with Crippen molar-refractivity contribution < 1.29 is 9.18 Å². The first-order valence-corrected chi connectivity index (χ1v) is 8.71. The zero-order valence-corrected chi connectivity index (χ0v) is 14.5. The average molecular weight is 349 g/mol. The number of piperazine rings is 1. The van der Waals surface area contributed by atoms with Crippen molar-refractivity contribution in [3.05, 3.63) is 35.1 Å². The third kappa shape index (κ3) is 3.70. The molecular formula is C16H20FN5OS. The number of nitrogens with one attached hydrogen (secondary N) is 1. The second kappa shape index (κ2) is 7.23. The SMILES string of the molecule is Cc1nnc(NC(=O)C(C)N2CCN(c3ccccc3F)CC2)s1. The van der Waals surface area contributed by atoms with Crippen LogP contribution in [0.1, 0.15) is 11.9 Å². The number of aryl methyl sites for hydroxylation is 1. The molecule has 0 aliphatic carbocycles. The van der Waals surface area contributed by atoms with Crippen LogP contribution in [0.3, 0.4) is 0 Å². The Kier molecular flexibility index (Phi) is 5.06. The summed E-state index contributed by atoms with van der Waals surface area (Å²) in [6.07, 6.45) is 0. The van der Waals surface area contributed by atoms with Gasteiger partial charge in [-0.05, 0) is 26.0 Å². The molecule has 24 heavy (non-hydrogen) atoms. The normalized spacial score (nSPS) is 16.9. The number of carbonyl (C=O) groups is 1. The summed E-state index contributed by atoms with van der Waals surface area (Å²) in [5.74, 6) is -0.297. The summed E-state index contributed by atoms with van der Waals surface area (Å²) in [6.45, 7) is 6.52. The maximum absolute atomic E-state index is 13.9. The van der Waals surface area contributed by atoms with Gasteiger partial charge < -0.3 is 4.90 Å². The Morgan fingerprint density at radius 1 is 1.25 bits per heavy atom. The quantitative estimate of drug-likeness (QED) is 0.916. The topological polar surface area (TPSA) is 61.4 Å². The van der Waals surface area contributed by atoms with Crippen LogP contribution in [0.25, 0.3) is 0 Å². The van der Waals surface area contributed by atoms with E-state index in [1.54, 1.807) is 12.1 Å². The van der Waals surface area contributed by atoms with E-state index in [1.165, 1.54) is 17.4 Å². The fourth-order valence-electron chi connectivity index (χ4n) is 2.78. The predicted molar refractivity (Wildman–Crippen MR) is 92.9 cm³/mol. The summed E-state index contributed by atoms with van der Waals surface area (Å²) in [5, 5.41) is 11.9. The number of carbonyl (C=O) groups excluding carboxylic acids is 1. The van der Waals surface area contributed by atoms with E-state index in [-0.39, 0.29) is 17.8 Å². The Hall–Kier alpha value is -2.06. The van der Waals surface area contributed by atoms with E-state index in [1.807, 2.05) is 24.8 Å². The Morgan fingerprint density at radius 3 is 2.58 bits per heavy atom. The molecule has 3 rings (SSSR count). The van der Waals surface area contributed by atoms with Gasteiger partial charge in [-0.2, -0.15) is 0 Å². The molecule has 1 aliphatic rings. The molecule has 1 amide bonds. The molecule has 1 aromatic heterocycles. The molecule has 1 N–H and O–H groups in total. The fraction of sp³-hybridized carbons (Fsp3) is 0.438. The lowest BCUT2D eigenvalue weighted by atomic mass is 10.2. The molecule has 1 aliphatic heterocycles. The number of benzene rings is 1. The van der Waals surface area contributed by atoms with Gasteiger partial charge in [-0.1, -0.05) is 23.5 Å². The van der Waals surface area contributed by atoms with Crippen LogP contribution < -0.4 is 10.2 Å². The Balaban J connectivity index is 1.56. The van der Waals surface area contributed by atoms with Crippen molar-refractivity contribution >= 4 is 28.1 Å². The number of rotatable bonds is 4. The number of anilines is 2. The molecule has 1 unspecified atom stereocenters. The summed E-state index contributed by atoms with van der Waals surface area (Å²) >= 11 is 1.36. The Labute approximate surface area is 144 Å². The van der Waals surface area contributed by atoms with Gasteiger partial charge in [-0.15, -0.1) is 10.2 Å². The van der Waals surface area contributed by atoms with Crippen molar-refractivity contribution in [2.45, 2.75) is 19.9 Å². The van der Waals surface area contributed by atoms with Crippen molar-refractivity contribution in [1.82, 2.24) is 15.1 Å². The standard InChI is InChI=1S/C16H20FN5OS/c1-11(15(23)18-16-20-19-12(2)24-16)21-7-9-22(10-8-21)14-6-4-3-5-13(14)17/h3-6,11H,7-10H2,1-2H3,(H,18,20,23). The van der Waals surface area contributed by atoms with E-state index in [0.29, 0.717) is 37.0 Å². The Bertz CT molecular complexity index is 714. The summed E-state index contributed by atoms with van der Waals surface area (Å²) in [6, 6.07) is 6.53. The maximum Gasteiger partial charge on any atom is 0.243 e. The summed E-state index contributed by atoms with van der Waals surface area (Å²) in [5.41, 5.74) is 0.624. The van der Waals surface area contributed by atoms with Crippen LogP contribution in [-0.2, 0) is 4.79 Å². The lowest BCUT2D eigenvalue weighted by Gasteiger charge is -2.38. The van der Waals surface area contributed by atoms with E-state index < -0.39 is 0 Å². The summed E-state index contributed by atoms with van der Waals surface area (Å²) in [7, 11) is 0. The van der Waals surface area contributed by atoms with Crippen LogP contribution in [0, 0.1) is 12.7 Å². The predicted octanol–water partition coefficient (Wildman–Crippen LogP) is 2.13. The average Bonchev–Trinajstić information content (AvgIpc) is 2.99. The van der Waals surface area contributed by atoms with Gasteiger partial charge in [0.1, 0.15) is 10.8 Å². The second-order valence-electron chi connectivity index (χ2n) is 5.77. The van der Waals surface area contributed by atoms with Gasteiger partial charge in [0.15, 0.2) is 0 Å². The van der Waals surface area contributed by atoms with E-state index in [9.17, 15) is 9.18 Å². The zero-order valence-electron chi connectivity index (χ0n) is 13.7. The molecule has 1 saturated heterocycles. The molecule has 0 spiro atoms. The molecule has 2 heterocycles. The van der Waals surface area contributed by atoms with Gasteiger partial charge in [-0.3, -0.25) is 15.0 Å². The highest BCUT2D eigenvalue weighted by Crippen LogP contribution is 2.21. The van der Waals surface area contributed by atoms with E-state index in [4.69, 9.17) is 0 Å². The van der Waals surface area contributed by atoms with E-state index >= 15 is 0 Å². The summed E-state index contributed by atoms with van der Waals surface area (Å²) in [4.78, 5) is 16.5. The number of hydrogen-bond donors (Lipinski definition) is 1. The minimum absolute atomic E-state index is 0.0921. The monoisotopic (exact) mass is 349 g/mol. The summed E-state index contributed by atoms with van der Waals surface area (Å²) < 4.78 is 13.9. The van der Waals surface area contributed by atoms with Crippen LogP contribution in [0.4, 0.5) is 15.2 Å². The molecule has 0 bridgehead atoms. The molecule has 6 nitrogen and oxygen atoms in total. The van der Waals surface area contributed by atoms with Crippen molar-refractivity contribution in [3.63, 3.8) is 0 Å². The third-order valence-electron chi connectivity index (χ3n) is 4.19. The highest BCUT2D eigenvalue weighted by Gasteiger charge is 2.27. The smallest absolute Gasteiger partial charge is 0.243 e. The van der Waals surface area contributed by atoms with Crippen LogP contribution in [-0.4, -0.2) is 53.2 Å². The van der Waals surface area contributed by atoms with Gasteiger partial charge >= 0.3 is 0 Å². The van der Waals surface area contributed by atoms with Crippen LogP contribution >= 0.6 is 11.3 Å². The lowest BCUT2D eigenvalue weighted by molar-refractivity contribution is -0.120. The highest BCUT2D eigenvalue weighted by atomic mass is 32.1. The third-order valence-corrected chi connectivity index (χ3v) is 4.94. The minimum Gasteiger partial charge on any atom is -0.367 e. The minimum atomic E-state index is -0.267. The number of amides is 1. The first-order valence-electron chi connectivity index (χ1n) is 7.89. The lowest BCUT2D eigenvalue weighted by Crippen LogP contribution is -2.53. The van der Waals surface area contributed by atoms with Gasteiger partial charge in [0, 0.05) is 26.2 Å². The molecular weight excluding hydrogens is 329 g/mol. The van der Waals surface area contributed by atoms with E-state index in [0.717, 1.165) is 5.01 Å². The Morgan fingerprint density at radius 2 is 1.96 bits per heavy atom. The second-order valence-corrected chi connectivity index (χ2v) is 6.95. The van der Waals surface area contributed by atoms with Crippen molar-refractivity contribution in [1.29, 1.82) is 0 Å². The molecule has 2 aromatic rings. The fourth-order valence-corrected chi connectivity index (χ4v) is 3.38. The zero-order chi connectivity index (χ0) is 17.1. The van der Waals surface area contributed by atoms with Crippen LogP contribution in [0.2, 0.25) is 0 Å². The molecule has 1 atom stereocenters. The van der Waals surface area contributed by atoms with Gasteiger partial charge in [0.2, 0.25) is 11.0 Å². The molecule has 1 aromatic carbocycles. The first kappa shape index (κ1) is 16.8. The van der Waals surface area contributed by atoms with Crippen molar-refractivity contribution in [3.8, 4) is 0 Å². The van der Waals surface area contributed by atoms with Crippen molar-refractivity contribution in [2.75, 3.05) is 36.4 Å². The maximum atomic E-state index is 13.9. The molecule has 128 valence electrons. The van der Waals surface area contributed by atoms with Crippen molar-refractivity contribution in [2.24, 2.45) is 0 Å². The number of aromatic nitrogens is 2. The number of nitrogens with zero attached hydrogens (tertiary/aromatic N) is 4. The molecule has 0 saturated carbocycles. The van der Waals surface area contributed by atoms with Crippen LogP contribution in [0.15, 0.2) is 24.3 Å². The van der Waals surface area contributed by atoms with Gasteiger partial charge in [0.25, 0.3) is 0 Å². The highest BCUT2D eigenvalue weighted by molar-refractivity contribution is 7.15. The largest absolute Gasteiger partial charge is 0.367 e. The van der Waals surface area contributed by atoms with Crippen LogP contribution in [0.5, 0.6) is 0 Å². The number of hydrogen-bond acceptors (Lipinski definition) is 6. The molecule has 8 heteroatoms. The molecule has 0 radical (unpaired) electrons. The van der Waals surface area contributed by atoms with Gasteiger partial charge in [0.05, 0.1) is 11.7 Å². The first-order chi connectivity index (χ1) is 11.5. The van der Waals surface area contributed by atoms with Gasteiger partial charge in [-0.25, -0.2) is 4.39 Å². The van der Waals surface area contributed by atoms with E-state index in [2.05, 4.69) is 20.4 Å². The molecule has 1 fully saturated rings.